The summed E-state index contributed by atoms with van der Waals surface area (Å²) in [4.78, 5) is 16.2. The molecule has 1 fully saturated rings. The minimum Gasteiger partial charge on any atom is -0.320 e. The standard InChI is InChI=1S/C24H26F3IN4O/c1-3-15-11-21-17(13-32(31-21)18-9-7-16(8-10-18)14(2)28)12-20(15)30-23(33)19-5-4-6-22(29-19)24(25,26)27/h4-6,11-14,16,18H,3,7-10H2,1-2H3,(H,30,33)/t14?,16-,18-. The van der Waals surface area contributed by atoms with Crippen molar-refractivity contribution in [1.82, 2.24) is 14.8 Å². The van der Waals surface area contributed by atoms with E-state index in [2.05, 4.69) is 39.8 Å². The van der Waals surface area contributed by atoms with Crippen LogP contribution in [0.4, 0.5) is 18.9 Å². The number of hydrogen-bond donors (Lipinski definition) is 1. The number of rotatable bonds is 5. The monoisotopic (exact) mass is 570 g/mol. The van der Waals surface area contributed by atoms with Crippen LogP contribution in [0.5, 0.6) is 0 Å². The Kier molecular flexibility index (Phi) is 6.97. The number of anilines is 1. The molecule has 0 spiro atoms. The first kappa shape index (κ1) is 24.0. The first-order chi connectivity index (χ1) is 15.7. The molecule has 9 heteroatoms. The number of halogens is 4. The summed E-state index contributed by atoms with van der Waals surface area (Å²) in [6.45, 7) is 4.23. The molecule has 0 saturated heterocycles. The molecule has 0 bridgehead atoms. The Morgan fingerprint density at radius 3 is 2.61 bits per heavy atom. The Labute approximate surface area is 204 Å². The van der Waals surface area contributed by atoms with Gasteiger partial charge in [0, 0.05) is 21.2 Å². The Balaban J connectivity index is 1.56. The number of alkyl halides is 4. The molecule has 3 aromatic rings. The fourth-order valence-electron chi connectivity index (χ4n) is 4.46. The maximum atomic E-state index is 13.0. The predicted octanol–water partition coefficient (Wildman–Crippen LogP) is 6.82. The van der Waals surface area contributed by atoms with E-state index < -0.39 is 17.8 Å². The smallest absolute Gasteiger partial charge is 0.320 e. The summed E-state index contributed by atoms with van der Waals surface area (Å²) >= 11 is 2.51. The van der Waals surface area contributed by atoms with E-state index in [4.69, 9.17) is 5.10 Å². The van der Waals surface area contributed by atoms with Gasteiger partial charge < -0.3 is 5.32 Å². The van der Waals surface area contributed by atoms with Crippen molar-refractivity contribution >= 4 is 45.1 Å². The van der Waals surface area contributed by atoms with Gasteiger partial charge in [0.15, 0.2) is 0 Å². The van der Waals surface area contributed by atoms with Crippen molar-refractivity contribution in [1.29, 1.82) is 0 Å². The van der Waals surface area contributed by atoms with Gasteiger partial charge in [-0.1, -0.05) is 42.5 Å². The number of nitrogens with zero attached hydrogens (tertiary/aromatic N) is 3. The van der Waals surface area contributed by atoms with Crippen LogP contribution in [0, 0.1) is 5.92 Å². The number of benzene rings is 1. The van der Waals surface area contributed by atoms with Crippen molar-refractivity contribution < 1.29 is 18.0 Å². The van der Waals surface area contributed by atoms with Crippen LogP contribution < -0.4 is 5.32 Å². The first-order valence-electron chi connectivity index (χ1n) is 11.2. The summed E-state index contributed by atoms with van der Waals surface area (Å²) in [5.41, 5.74) is 0.927. The quantitative estimate of drug-likeness (QED) is 0.271. The Morgan fingerprint density at radius 1 is 1.24 bits per heavy atom. The van der Waals surface area contributed by atoms with Gasteiger partial charge >= 0.3 is 6.18 Å². The van der Waals surface area contributed by atoms with E-state index >= 15 is 0 Å². The van der Waals surface area contributed by atoms with Gasteiger partial charge in [-0.25, -0.2) is 4.98 Å². The minimum absolute atomic E-state index is 0.274. The van der Waals surface area contributed by atoms with Gasteiger partial charge in [-0.3, -0.25) is 9.48 Å². The summed E-state index contributed by atoms with van der Waals surface area (Å²) in [6, 6.07) is 7.47. The lowest BCUT2D eigenvalue weighted by molar-refractivity contribution is -0.141. The van der Waals surface area contributed by atoms with Gasteiger partial charge in [0.1, 0.15) is 11.4 Å². The maximum absolute atomic E-state index is 13.0. The number of hydrogen-bond acceptors (Lipinski definition) is 3. The molecule has 1 N–H and O–H groups in total. The van der Waals surface area contributed by atoms with Crippen molar-refractivity contribution in [3.05, 3.63) is 53.5 Å². The van der Waals surface area contributed by atoms with Crippen LogP contribution in [0.3, 0.4) is 0 Å². The highest BCUT2D eigenvalue weighted by molar-refractivity contribution is 14.1. The number of amides is 1. The van der Waals surface area contributed by atoms with E-state index in [9.17, 15) is 18.0 Å². The van der Waals surface area contributed by atoms with E-state index in [0.717, 1.165) is 41.3 Å². The zero-order valence-corrected chi connectivity index (χ0v) is 20.7. The van der Waals surface area contributed by atoms with E-state index in [0.29, 0.717) is 22.1 Å². The third-order valence-corrected chi connectivity index (χ3v) is 7.43. The third-order valence-electron chi connectivity index (χ3n) is 6.41. The molecule has 0 radical (unpaired) electrons. The van der Waals surface area contributed by atoms with Crippen LogP contribution in [-0.2, 0) is 12.6 Å². The van der Waals surface area contributed by atoms with Gasteiger partial charge in [-0.15, -0.1) is 0 Å². The fraction of sp³-hybridized carbons (Fsp3) is 0.458. The van der Waals surface area contributed by atoms with Crippen LogP contribution >= 0.6 is 22.6 Å². The van der Waals surface area contributed by atoms with Crippen LogP contribution in [-0.4, -0.2) is 24.6 Å². The summed E-state index contributed by atoms with van der Waals surface area (Å²) in [6.07, 6.45) is 2.62. The van der Waals surface area contributed by atoms with E-state index in [-0.39, 0.29) is 5.69 Å². The predicted molar refractivity (Wildman–Crippen MR) is 131 cm³/mol. The van der Waals surface area contributed by atoms with Crippen molar-refractivity contribution in [2.45, 2.75) is 62.1 Å². The highest BCUT2D eigenvalue weighted by atomic mass is 127. The van der Waals surface area contributed by atoms with E-state index in [1.807, 2.05) is 29.9 Å². The molecular weight excluding hydrogens is 544 g/mol. The molecule has 1 atom stereocenters. The summed E-state index contributed by atoms with van der Waals surface area (Å²) in [7, 11) is 0. The zero-order valence-electron chi connectivity index (χ0n) is 18.5. The van der Waals surface area contributed by atoms with Crippen molar-refractivity contribution in [2.75, 3.05) is 5.32 Å². The van der Waals surface area contributed by atoms with Crippen LogP contribution in [0.2, 0.25) is 0 Å². The SMILES string of the molecule is CCc1cc2nn([C@H]3CC[C@H](C(C)I)CC3)cc2cc1NC(=O)c1cccc(C(F)(F)F)n1. The first-order valence-corrected chi connectivity index (χ1v) is 12.4. The lowest BCUT2D eigenvalue weighted by Gasteiger charge is -2.30. The van der Waals surface area contributed by atoms with Crippen molar-refractivity contribution in [3.63, 3.8) is 0 Å². The normalized spacial score (nSPS) is 20.1. The molecule has 1 aliphatic carbocycles. The summed E-state index contributed by atoms with van der Waals surface area (Å²) < 4.78 is 41.6. The molecule has 2 heterocycles. The molecule has 1 aromatic carbocycles. The average molecular weight is 570 g/mol. The van der Waals surface area contributed by atoms with Crippen LogP contribution in [0.1, 0.15) is 67.3 Å². The summed E-state index contributed by atoms with van der Waals surface area (Å²) in [5.74, 6) is 0.0820. The van der Waals surface area contributed by atoms with Gasteiger partial charge in [-0.2, -0.15) is 18.3 Å². The number of pyridine rings is 1. The fourth-order valence-corrected chi connectivity index (χ4v) is 5.18. The lowest BCUT2D eigenvalue weighted by atomic mass is 9.84. The molecular formula is C24H26F3IN4O. The van der Waals surface area contributed by atoms with Crippen molar-refractivity contribution in [3.8, 4) is 0 Å². The molecule has 4 rings (SSSR count). The molecule has 5 nitrogen and oxygen atoms in total. The van der Waals surface area contributed by atoms with Crippen LogP contribution in [0.15, 0.2) is 36.5 Å². The highest BCUT2D eigenvalue weighted by Crippen LogP contribution is 2.37. The number of carbonyl (C=O) groups is 1. The number of carbonyl (C=O) groups excluding carboxylic acids is 1. The van der Waals surface area contributed by atoms with Gasteiger partial charge in [-0.05, 0) is 67.9 Å². The van der Waals surface area contributed by atoms with Gasteiger partial charge in [0.2, 0.25) is 0 Å². The second-order valence-corrected chi connectivity index (χ2v) is 10.6. The Bertz CT molecular complexity index is 1150. The molecule has 33 heavy (non-hydrogen) atoms. The molecule has 176 valence electrons. The average Bonchev–Trinajstić information content (AvgIpc) is 3.21. The molecule has 1 amide bonds. The molecule has 1 unspecified atom stereocenters. The molecule has 1 aliphatic rings. The topological polar surface area (TPSA) is 59.8 Å². The molecule has 0 aliphatic heterocycles. The van der Waals surface area contributed by atoms with Gasteiger partial charge in [0.05, 0.1) is 11.6 Å². The summed E-state index contributed by atoms with van der Waals surface area (Å²) in [5, 5.41) is 8.44. The minimum atomic E-state index is -4.60. The second-order valence-electron chi connectivity index (χ2n) is 8.64. The van der Waals surface area contributed by atoms with Gasteiger partial charge in [0.25, 0.3) is 5.91 Å². The van der Waals surface area contributed by atoms with E-state index in [1.54, 1.807) is 0 Å². The largest absolute Gasteiger partial charge is 0.433 e. The third kappa shape index (κ3) is 5.33. The maximum Gasteiger partial charge on any atom is 0.433 e. The lowest BCUT2D eigenvalue weighted by Crippen LogP contribution is -2.22. The second kappa shape index (κ2) is 9.60. The Morgan fingerprint density at radius 2 is 1.97 bits per heavy atom. The highest BCUT2D eigenvalue weighted by Gasteiger charge is 2.33. The zero-order chi connectivity index (χ0) is 23.8. The Hall–Kier alpha value is -2.17. The van der Waals surface area contributed by atoms with Crippen LogP contribution in [0.25, 0.3) is 10.9 Å². The molecule has 1 saturated carbocycles. The van der Waals surface area contributed by atoms with Crippen molar-refractivity contribution in [2.24, 2.45) is 5.92 Å². The number of aromatic nitrogens is 3. The number of nitrogens with one attached hydrogen (secondary N) is 1. The van der Waals surface area contributed by atoms with E-state index in [1.165, 1.54) is 25.0 Å². The number of fused-ring (bicyclic) bond motifs is 1. The molecule has 2 aromatic heterocycles. The number of aryl methyl sites for hydroxylation is 1.